The van der Waals surface area contributed by atoms with Gasteiger partial charge >= 0.3 is 0 Å². The normalized spacial score (nSPS) is 10.7. The Kier molecular flexibility index (Phi) is 3.51. The number of benzene rings is 1. The monoisotopic (exact) mass is 243 g/mol. The van der Waals surface area contributed by atoms with Crippen LogP contribution in [-0.4, -0.2) is 10.8 Å². The minimum absolute atomic E-state index is 0.102. The summed E-state index contributed by atoms with van der Waals surface area (Å²) in [6.07, 6.45) is 3.04. The van der Waals surface area contributed by atoms with Crippen LogP contribution in [0.3, 0.4) is 0 Å². The average Bonchev–Trinajstić information content (AvgIpc) is 2.38. The van der Waals surface area contributed by atoms with Crippen LogP contribution in [0.4, 0.5) is 4.39 Å². The topological polar surface area (TPSA) is 30.0 Å². The fourth-order valence-electron chi connectivity index (χ4n) is 1.73. The molecule has 2 nitrogen and oxygen atoms in total. The third kappa shape index (κ3) is 2.45. The van der Waals surface area contributed by atoms with E-state index in [2.05, 4.69) is 4.98 Å². The van der Waals surface area contributed by atoms with Gasteiger partial charge in [-0.3, -0.25) is 9.78 Å². The van der Waals surface area contributed by atoms with E-state index in [1.807, 2.05) is 13.8 Å². The second kappa shape index (κ2) is 5.08. The van der Waals surface area contributed by atoms with Crippen molar-refractivity contribution in [1.29, 1.82) is 0 Å². The van der Waals surface area contributed by atoms with Crippen LogP contribution in [0.2, 0.25) is 0 Å². The number of halogens is 1. The van der Waals surface area contributed by atoms with Crippen molar-refractivity contribution in [2.24, 2.45) is 0 Å². The molecule has 0 aliphatic heterocycles. The highest BCUT2D eigenvalue weighted by atomic mass is 19.1. The van der Waals surface area contributed by atoms with E-state index < -0.39 is 5.82 Å². The summed E-state index contributed by atoms with van der Waals surface area (Å²) in [5, 5.41) is 0. The van der Waals surface area contributed by atoms with Gasteiger partial charge in [0, 0.05) is 18.0 Å². The Balaban J connectivity index is 2.38. The lowest BCUT2D eigenvalue weighted by Crippen LogP contribution is -2.05. The van der Waals surface area contributed by atoms with E-state index in [-0.39, 0.29) is 17.3 Å². The number of hydrogen-bond donors (Lipinski definition) is 0. The van der Waals surface area contributed by atoms with E-state index in [9.17, 15) is 9.18 Å². The smallest absolute Gasteiger partial charge is 0.196 e. The lowest BCUT2D eigenvalue weighted by atomic mass is 9.98. The summed E-state index contributed by atoms with van der Waals surface area (Å²) in [7, 11) is 0. The summed E-state index contributed by atoms with van der Waals surface area (Å²) < 4.78 is 13.9. The van der Waals surface area contributed by atoms with Gasteiger partial charge in [-0.25, -0.2) is 4.39 Å². The summed E-state index contributed by atoms with van der Waals surface area (Å²) in [5.41, 5.74) is 1.44. The van der Waals surface area contributed by atoms with E-state index in [1.165, 1.54) is 18.5 Å². The summed E-state index contributed by atoms with van der Waals surface area (Å²) in [4.78, 5) is 15.9. The Morgan fingerprint density at radius 1 is 1.17 bits per heavy atom. The zero-order valence-corrected chi connectivity index (χ0v) is 10.4. The third-order valence-corrected chi connectivity index (χ3v) is 2.85. The van der Waals surface area contributed by atoms with Crippen molar-refractivity contribution in [3.8, 4) is 0 Å². The molecule has 0 amide bonds. The minimum Gasteiger partial charge on any atom is -0.288 e. The van der Waals surface area contributed by atoms with Gasteiger partial charge in [0.1, 0.15) is 5.82 Å². The molecule has 1 heterocycles. The molecule has 0 saturated carbocycles. The van der Waals surface area contributed by atoms with Crippen LogP contribution in [0.15, 0.2) is 42.7 Å². The van der Waals surface area contributed by atoms with Crippen molar-refractivity contribution in [1.82, 2.24) is 4.98 Å². The Morgan fingerprint density at radius 2 is 1.83 bits per heavy atom. The number of nitrogens with zero attached hydrogens (tertiary/aromatic N) is 1. The van der Waals surface area contributed by atoms with Gasteiger partial charge in [-0.1, -0.05) is 19.9 Å². The van der Waals surface area contributed by atoms with Gasteiger partial charge in [0.05, 0.1) is 5.56 Å². The number of ketones is 1. The molecule has 0 atom stereocenters. The molecule has 3 heteroatoms. The van der Waals surface area contributed by atoms with Crippen LogP contribution in [-0.2, 0) is 0 Å². The van der Waals surface area contributed by atoms with Gasteiger partial charge in [-0.15, -0.1) is 0 Å². The second-order valence-electron chi connectivity index (χ2n) is 4.46. The standard InChI is InChI=1S/C15H14FNO/c1-10(2)12-3-4-13(14(16)9-12)15(18)11-5-7-17-8-6-11/h3-10H,1-2H3. The first-order valence-corrected chi connectivity index (χ1v) is 5.83. The van der Waals surface area contributed by atoms with Gasteiger partial charge in [0.15, 0.2) is 5.78 Å². The maximum atomic E-state index is 13.9. The van der Waals surface area contributed by atoms with E-state index in [0.717, 1.165) is 5.56 Å². The third-order valence-electron chi connectivity index (χ3n) is 2.85. The second-order valence-corrected chi connectivity index (χ2v) is 4.46. The number of carbonyl (C=O) groups excluding carboxylic acids is 1. The fourth-order valence-corrected chi connectivity index (χ4v) is 1.73. The molecule has 0 aliphatic carbocycles. The Hall–Kier alpha value is -2.03. The summed E-state index contributed by atoms with van der Waals surface area (Å²) in [6, 6.07) is 7.94. The van der Waals surface area contributed by atoms with E-state index in [4.69, 9.17) is 0 Å². The van der Waals surface area contributed by atoms with Crippen molar-refractivity contribution < 1.29 is 9.18 Å². The fraction of sp³-hybridized carbons (Fsp3) is 0.200. The first kappa shape index (κ1) is 12.4. The molecule has 2 aromatic rings. The zero-order valence-electron chi connectivity index (χ0n) is 10.4. The summed E-state index contributed by atoms with van der Waals surface area (Å²) >= 11 is 0. The molecule has 1 aromatic carbocycles. The van der Waals surface area contributed by atoms with Crippen LogP contribution in [0.5, 0.6) is 0 Å². The quantitative estimate of drug-likeness (QED) is 0.771. The van der Waals surface area contributed by atoms with Crippen molar-refractivity contribution in [2.45, 2.75) is 19.8 Å². The number of carbonyl (C=O) groups is 1. The zero-order chi connectivity index (χ0) is 13.1. The van der Waals surface area contributed by atoms with Gasteiger partial charge in [-0.2, -0.15) is 0 Å². The van der Waals surface area contributed by atoms with Crippen LogP contribution in [0.1, 0.15) is 41.3 Å². The lowest BCUT2D eigenvalue weighted by Gasteiger charge is -2.08. The number of rotatable bonds is 3. The molecule has 1 aromatic heterocycles. The molecule has 0 bridgehead atoms. The number of pyridine rings is 1. The average molecular weight is 243 g/mol. The highest BCUT2D eigenvalue weighted by molar-refractivity contribution is 6.09. The van der Waals surface area contributed by atoms with Crippen LogP contribution in [0, 0.1) is 5.82 Å². The Morgan fingerprint density at radius 3 is 2.39 bits per heavy atom. The first-order chi connectivity index (χ1) is 8.59. The van der Waals surface area contributed by atoms with E-state index in [0.29, 0.717) is 5.56 Å². The largest absolute Gasteiger partial charge is 0.288 e. The molecule has 92 valence electrons. The minimum atomic E-state index is -0.469. The molecular formula is C15H14FNO. The van der Waals surface area contributed by atoms with Crippen LogP contribution < -0.4 is 0 Å². The van der Waals surface area contributed by atoms with Crippen molar-refractivity contribution in [2.75, 3.05) is 0 Å². The molecule has 0 radical (unpaired) electrons. The van der Waals surface area contributed by atoms with Gasteiger partial charge in [0.25, 0.3) is 0 Å². The first-order valence-electron chi connectivity index (χ1n) is 5.83. The van der Waals surface area contributed by atoms with Crippen molar-refractivity contribution in [3.05, 3.63) is 65.2 Å². The Bertz CT molecular complexity index is 564. The maximum Gasteiger partial charge on any atom is 0.196 e. The molecule has 0 unspecified atom stereocenters. The van der Waals surface area contributed by atoms with Crippen molar-refractivity contribution in [3.63, 3.8) is 0 Å². The highest BCUT2D eigenvalue weighted by Crippen LogP contribution is 2.20. The molecule has 0 saturated heterocycles. The van der Waals surface area contributed by atoms with Crippen molar-refractivity contribution >= 4 is 5.78 Å². The highest BCUT2D eigenvalue weighted by Gasteiger charge is 2.14. The molecule has 0 spiro atoms. The molecular weight excluding hydrogens is 229 g/mol. The van der Waals surface area contributed by atoms with Gasteiger partial charge < -0.3 is 0 Å². The number of hydrogen-bond acceptors (Lipinski definition) is 2. The molecule has 0 aliphatic rings. The summed E-state index contributed by atoms with van der Waals surface area (Å²) in [5.74, 6) is -0.544. The Labute approximate surface area is 105 Å². The molecule has 0 fully saturated rings. The molecule has 0 N–H and O–H groups in total. The predicted molar refractivity (Wildman–Crippen MR) is 68.2 cm³/mol. The molecule has 18 heavy (non-hydrogen) atoms. The maximum absolute atomic E-state index is 13.9. The predicted octanol–water partition coefficient (Wildman–Crippen LogP) is 3.58. The van der Waals surface area contributed by atoms with Crippen LogP contribution >= 0.6 is 0 Å². The lowest BCUT2D eigenvalue weighted by molar-refractivity contribution is 0.103. The summed E-state index contributed by atoms with van der Waals surface area (Å²) in [6.45, 7) is 3.97. The number of aromatic nitrogens is 1. The van der Waals surface area contributed by atoms with Crippen LogP contribution in [0.25, 0.3) is 0 Å². The van der Waals surface area contributed by atoms with Gasteiger partial charge in [0.2, 0.25) is 0 Å². The van der Waals surface area contributed by atoms with Gasteiger partial charge in [-0.05, 0) is 35.7 Å². The van der Waals surface area contributed by atoms with E-state index in [1.54, 1.807) is 24.3 Å². The van der Waals surface area contributed by atoms with E-state index >= 15 is 0 Å². The SMILES string of the molecule is CC(C)c1ccc(C(=O)c2ccncc2)c(F)c1. The molecule has 2 rings (SSSR count).